The molecule has 4 heteroatoms. The minimum Gasteiger partial charge on any atom is -0.462 e. The van der Waals surface area contributed by atoms with Crippen LogP contribution in [0.1, 0.15) is 25.4 Å². The first-order chi connectivity index (χ1) is 7.62. The lowest BCUT2D eigenvalue weighted by Crippen LogP contribution is -2.52. The van der Waals surface area contributed by atoms with Gasteiger partial charge in [-0.05, 0) is 26.0 Å². The highest BCUT2D eigenvalue weighted by Gasteiger charge is 2.30. The summed E-state index contributed by atoms with van der Waals surface area (Å²) in [6, 6.07) is 3.75. The third-order valence-corrected chi connectivity index (χ3v) is 3.04. The highest BCUT2D eigenvalue weighted by Crippen LogP contribution is 2.22. The van der Waals surface area contributed by atoms with Gasteiger partial charge in [0, 0.05) is 12.1 Å². The fourth-order valence-corrected chi connectivity index (χ4v) is 1.96. The van der Waals surface area contributed by atoms with Gasteiger partial charge in [0.1, 0.15) is 18.1 Å². The fourth-order valence-electron chi connectivity index (χ4n) is 1.96. The summed E-state index contributed by atoms with van der Waals surface area (Å²) in [6.45, 7) is 7.52. The second-order valence-electron chi connectivity index (χ2n) is 4.81. The molecule has 1 aliphatic rings. The lowest BCUT2D eigenvalue weighted by atomic mass is 10.0. The van der Waals surface area contributed by atoms with Crippen LogP contribution in [0.4, 0.5) is 0 Å². The molecule has 2 heterocycles. The van der Waals surface area contributed by atoms with Crippen LogP contribution in [0.15, 0.2) is 16.5 Å². The number of rotatable bonds is 3. The molecule has 0 bridgehead atoms. The Balaban J connectivity index is 2.02. The summed E-state index contributed by atoms with van der Waals surface area (Å²) in [5.74, 6) is 1.53. The summed E-state index contributed by atoms with van der Waals surface area (Å²) >= 11 is 0. The Labute approximate surface area is 95.8 Å². The van der Waals surface area contributed by atoms with E-state index in [2.05, 4.69) is 18.7 Å². The number of furan rings is 1. The Kier molecular flexibility index (Phi) is 3.33. The van der Waals surface area contributed by atoms with Crippen LogP contribution in [0.5, 0.6) is 0 Å². The van der Waals surface area contributed by atoms with Crippen LogP contribution in [-0.4, -0.2) is 35.3 Å². The summed E-state index contributed by atoms with van der Waals surface area (Å²) in [4.78, 5) is 2.34. The van der Waals surface area contributed by atoms with Crippen LogP contribution in [0, 0.1) is 0 Å². The maximum Gasteiger partial charge on any atom is 0.129 e. The van der Waals surface area contributed by atoms with Crippen LogP contribution in [0.3, 0.4) is 0 Å². The first-order valence-corrected chi connectivity index (χ1v) is 5.63. The van der Waals surface area contributed by atoms with Crippen molar-refractivity contribution in [2.45, 2.75) is 32.5 Å². The molecule has 0 spiro atoms. The molecule has 4 nitrogen and oxygen atoms in total. The van der Waals surface area contributed by atoms with Gasteiger partial charge >= 0.3 is 0 Å². The van der Waals surface area contributed by atoms with Crippen LogP contribution < -0.4 is 0 Å². The van der Waals surface area contributed by atoms with Crippen molar-refractivity contribution in [2.75, 3.05) is 19.8 Å². The summed E-state index contributed by atoms with van der Waals surface area (Å²) in [5.41, 5.74) is 0.0460. The van der Waals surface area contributed by atoms with E-state index in [1.54, 1.807) is 0 Å². The molecule has 0 aliphatic carbocycles. The van der Waals surface area contributed by atoms with Crippen LogP contribution in [0.2, 0.25) is 0 Å². The zero-order valence-corrected chi connectivity index (χ0v) is 9.90. The van der Waals surface area contributed by atoms with Crippen LogP contribution in [0.25, 0.3) is 0 Å². The second-order valence-corrected chi connectivity index (χ2v) is 4.81. The Bertz CT molecular complexity index is 346. The van der Waals surface area contributed by atoms with E-state index in [0.29, 0.717) is 5.76 Å². The van der Waals surface area contributed by atoms with Gasteiger partial charge in [-0.1, -0.05) is 0 Å². The highest BCUT2D eigenvalue weighted by molar-refractivity contribution is 5.07. The Hall–Kier alpha value is -0.840. The molecule has 1 aromatic heterocycles. The fraction of sp³-hybridized carbons (Fsp3) is 0.667. The number of morpholine rings is 1. The summed E-state index contributed by atoms with van der Waals surface area (Å²) < 4.78 is 11.0. The molecule has 0 unspecified atom stereocenters. The molecule has 1 saturated heterocycles. The van der Waals surface area contributed by atoms with Gasteiger partial charge in [-0.25, -0.2) is 0 Å². The zero-order chi connectivity index (χ0) is 11.6. The predicted molar refractivity (Wildman–Crippen MR) is 59.9 cm³/mol. The normalized spacial score (nSPS) is 21.2. The van der Waals surface area contributed by atoms with Crippen LogP contribution in [-0.2, 0) is 17.9 Å². The first-order valence-electron chi connectivity index (χ1n) is 5.63. The van der Waals surface area contributed by atoms with E-state index in [0.717, 1.165) is 32.1 Å². The van der Waals surface area contributed by atoms with E-state index in [4.69, 9.17) is 14.3 Å². The monoisotopic (exact) mass is 225 g/mol. The van der Waals surface area contributed by atoms with Gasteiger partial charge in [0.15, 0.2) is 0 Å². The van der Waals surface area contributed by atoms with Crippen molar-refractivity contribution in [3.8, 4) is 0 Å². The first kappa shape index (κ1) is 11.6. The van der Waals surface area contributed by atoms with E-state index in [9.17, 15) is 0 Å². The number of nitrogens with zero attached hydrogens (tertiary/aromatic N) is 1. The van der Waals surface area contributed by atoms with E-state index in [-0.39, 0.29) is 12.1 Å². The number of aliphatic hydroxyl groups excluding tert-OH is 1. The summed E-state index contributed by atoms with van der Waals surface area (Å²) in [7, 11) is 0. The quantitative estimate of drug-likeness (QED) is 0.844. The van der Waals surface area contributed by atoms with E-state index >= 15 is 0 Å². The maximum absolute atomic E-state index is 8.93. The SMILES string of the molecule is CC1(C)COCCN1Cc1ccc(CO)o1. The van der Waals surface area contributed by atoms with Crippen molar-refractivity contribution in [3.05, 3.63) is 23.7 Å². The van der Waals surface area contributed by atoms with Gasteiger partial charge in [0.2, 0.25) is 0 Å². The number of hydrogen-bond acceptors (Lipinski definition) is 4. The number of ether oxygens (including phenoxy) is 1. The Morgan fingerprint density at radius 2 is 2.12 bits per heavy atom. The molecule has 2 rings (SSSR count). The average molecular weight is 225 g/mol. The van der Waals surface area contributed by atoms with Gasteiger partial charge in [0.25, 0.3) is 0 Å². The maximum atomic E-state index is 8.93. The van der Waals surface area contributed by atoms with Gasteiger partial charge in [-0.2, -0.15) is 0 Å². The molecule has 0 aromatic carbocycles. The standard InChI is InChI=1S/C12H19NO3/c1-12(2)9-15-6-5-13(12)7-10-3-4-11(8-14)16-10/h3-4,14H,5-9H2,1-2H3. The van der Waals surface area contributed by atoms with E-state index < -0.39 is 0 Å². The third kappa shape index (κ3) is 2.45. The van der Waals surface area contributed by atoms with Crippen molar-refractivity contribution < 1.29 is 14.3 Å². The molecule has 1 aromatic rings. The smallest absolute Gasteiger partial charge is 0.129 e. The number of aliphatic hydroxyl groups is 1. The van der Waals surface area contributed by atoms with Gasteiger partial charge in [-0.3, -0.25) is 4.90 Å². The average Bonchev–Trinajstić information content (AvgIpc) is 2.69. The van der Waals surface area contributed by atoms with Crippen molar-refractivity contribution in [1.82, 2.24) is 4.90 Å². The largest absolute Gasteiger partial charge is 0.462 e. The molecular weight excluding hydrogens is 206 g/mol. The minimum atomic E-state index is -0.0352. The molecule has 0 amide bonds. The van der Waals surface area contributed by atoms with Gasteiger partial charge in [-0.15, -0.1) is 0 Å². The molecule has 16 heavy (non-hydrogen) atoms. The minimum absolute atomic E-state index is 0.0352. The lowest BCUT2D eigenvalue weighted by Gasteiger charge is -2.41. The van der Waals surface area contributed by atoms with Crippen LogP contribution >= 0.6 is 0 Å². The third-order valence-electron chi connectivity index (χ3n) is 3.04. The molecular formula is C12H19NO3. The van der Waals surface area contributed by atoms with E-state index in [1.807, 2.05) is 12.1 Å². The molecule has 1 N–H and O–H groups in total. The van der Waals surface area contributed by atoms with Crippen molar-refractivity contribution >= 4 is 0 Å². The highest BCUT2D eigenvalue weighted by atomic mass is 16.5. The second kappa shape index (κ2) is 4.57. The molecule has 1 fully saturated rings. The molecule has 0 saturated carbocycles. The predicted octanol–water partition coefficient (Wildman–Crippen LogP) is 1.38. The zero-order valence-electron chi connectivity index (χ0n) is 9.90. The summed E-state index contributed by atoms with van der Waals surface area (Å²) in [5, 5.41) is 8.93. The molecule has 0 atom stereocenters. The van der Waals surface area contributed by atoms with Gasteiger partial charge in [0.05, 0.1) is 19.8 Å². The summed E-state index contributed by atoms with van der Waals surface area (Å²) in [6.07, 6.45) is 0. The lowest BCUT2D eigenvalue weighted by molar-refractivity contribution is -0.0578. The molecule has 90 valence electrons. The molecule has 1 aliphatic heterocycles. The van der Waals surface area contributed by atoms with Crippen molar-refractivity contribution in [1.29, 1.82) is 0 Å². The van der Waals surface area contributed by atoms with Crippen molar-refractivity contribution in [3.63, 3.8) is 0 Å². The number of hydrogen-bond donors (Lipinski definition) is 1. The molecule has 0 radical (unpaired) electrons. The van der Waals surface area contributed by atoms with Gasteiger partial charge < -0.3 is 14.3 Å². The Morgan fingerprint density at radius 1 is 1.38 bits per heavy atom. The van der Waals surface area contributed by atoms with Crippen molar-refractivity contribution in [2.24, 2.45) is 0 Å². The Morgan fingerprint density at radius 3 is 2.75 bits per heavy atom. The van der Waals surface area contributed by atoms with E-state index in [1.165, 1.54) is 0 Å². The topological polar surface area (TPSA) is 45.8 Å².